The molecule has 0 spiro atoms. The van der Waals surface area contributed by atoms with E-state index in [2.05, 4.69) is 17.2 Å². The third kappa shape index (κ3) is 2.27. The van der Waals surface area contributed by atoms with Crippen molar-refractivity contribution in [2.45, 2.75) is 19.5 Å². The van der Waals surface area contributed by atoms with Gasteiger partial charge in [-0.2, -0.15) is 0 Å². The number of nitrogens with one attached hydrogen (secondary N) is 1. The van der Waals surface area contributed by atoms with Crippen LogP contribution in [0, 0.1) is 0 Å². The molecule has 0 bridgehead atoms. The summed E-state index contributed by atoms with van der Waals surface area (Å²) in [7, 11) is 2.00. The van der Waals surface area contributed by atoms with Crippen molar-refractivity contribution in [2.24, 2.45) is 7.05 Å². The van der Waals surface area contributed by atoms with Crippen LogP contribution in [-0.4, -0.2) is 9.55 Å². The molecular weight excluding hydrogens is 190 g/mol. The normalized spacial score (nSPS) is 12.9. The van der Waals surface area contributed by atoms with Crippen LogP contribution in [0.5, 0.6) is 0 Å². The molecule has 4 heteroatoms. The first-order valence-electron chi connectivity index (χ1n) is 4.99. The lowest BCUT2D eigenvalue weighted by Gasteiger charge is -2.12. The van der Waals surface area contributed by atoms with Crippen molar-refractivity contribution in [1.29, 1.82) is 0 Å². The molecule has 2 heterocycles. The number of imidazole rings is 1. The number of nitrogens with zero attached hydrogens (tertiary/aromatic N) is 2. The zero-order valence-corrected chi connectivity index (χ0v) is 8.97. The highest BCUT2D eigenvalue weighted by molar-refractivity contribution is 5.06. The molecule has 0 saturated carbocycles. The summed E-state index contributed by atoms with van der Waals surface area (Å²) >= 11 is 0. The van der Waals surface area contributed by atoms with Crippen molar-refractivity contribution in [3.8, 4) is 0 Å². The molecule has 4 nitrogen and oxygen atoms in total. The van der Waals surface area contributed by atoms with Gasteiger partial charge in [-0.3, -0.25) is 0 Å². The van der Waals surface area contributed by atoms with E-state index < -0.39 is 0 Å². The third-order valence-electron chi connectivity index (χ3n) is 2.44. The minimum absolute atomic E-state index is 0.236. The Kier molecular flexibility index (Phi) is 2.87. The van der Waals surface area contributed by atoms with Crippen LogP contribution in [0.3, 0.4) is 0 Å². The van der Waals surface area contributed by atoms with Crippen molar-refractivity contribution in [1.82, 2.24) is 14.9 Å². The fraction of sp³-hybridized carbons (Fsp3) is 0.364. The number of aryl methyl sites for hydroxylation is 1. The molecule has 2 aromatic heterocycles. The van der Waals surface area contributed by atoms with Crippen LogP contribution in [-0.2, 0) is 13.6 Å². The Morgan fingerprint density at radius 2 is 2.47 bits per heavy atom. The number of hydrogen-bond acceptors (Lipinski definition) is 3. The molecule has 0 saturated heterocycles. The fourth-order valence-electron chi connectivity index (χ4n) is 1.55. The molecule has 1 N–H and O–H groups in total. The number of hydrogen-bond donors (Lipinski definition) is 1. The van der Waals surface area contributed by atoms with Gasteiger partial charge in [-0.05, 0) is 13.0 Å². The first-order chi connectivity index (χ1) is 7.27. The van der Waals surface area contributed by atoms with E-state index in [0.29, 0.717) is 0 Å². The maximum Gasteiger partial charge on any atom is 0.125 e. The van der Waals surface area contributed by atoms with Gasteiger partial charge in [0.25, 0.3) is 0 Å². The van der Waals surface area contributed by atoms with Crippen molar-refractivity contribution < 1.29 is 4.42 Å². The molecule has 1 atom stereocenters. The SMILES string of the molecule is CC(NCc1ccoc1)c1nccn1C. The van der Waals surface area contributed by atoms with Gasteiger partial charge in [0.2, 0.25) is 0 Å². The maximum atomic E-state index is 5.00. The van der Waals surface area contributed by atoms with Crippen molar-refractivity contribution in [2.75, 3.05) is 0 Å². The van der Waals surface area contributed by atoms with E-state index in [9.17, 15) is 0 Å². The molecule has 0 fully saturated rings. The first kappa shape index (κ1) is 9.98. The largest absolute Gasteiger partial charge is 0.472 e. The molecule has 2 aromatic rings. The van der Waals surface area contributed by atoms with Crippen molar-refractivity contribution in [3.63, 3.8) is 0 Å². The Hall–Kier alpha value is -1.55. The zero-order chi connectivity index (χ0) is 10.7. The van der Waals surface area contributed by atoms with Crippen LogP contribution < -0.4 is 5.32 Å². The molecule has 80 valence electrons. The topological polar surface area (TPSA) is 43.0 Å². The molecule has 1 unspecified atom stereocenters. The van der Waals surface area contributed by atoms with Gasteiger partial charge in [-0.15, -0.1) is 0 Å². The summed E-state index contributed by atoms with van der Waals surface area (Å²) in [6, 6.07) is 2.19. The Balaban J connectivity index is 1.93. The predicted molar refractivity (Wildman–Crippen MR) is 57.2 cm³/mol. The summed E-state index contributed by atoms with van der Waals surface area (Å²) < 4.78 is 7.02. The van der Waals surface area contributed by atoms with Crippen LogP contribution in [0.4, 0.5) is 0 Å². The molecule has 0 aromatic carbocycles. The minimum atomic E-state index is 0.236. The Morgan fingerprint density at radius 3 is 3.07 bits per heavy atom. The highest BCUT2D eigenvalue weighted by atomic mass is 16.3. The minimum Gasteiger partial charge on any atom is -0.472 e. The van der Waals surface area contributed by atoms with Crippen molar-refractivity contribution >= 4 is 0 Å². The second kappa shape index (κ2) is 4.31. The van der Waals surface area contributed by atoms with Crippen LogP contribution in [0.25, 0.3) is 0 Å². The second-order valence-electron chi connectivity index (χ2n) is 3.63. The third-order valence-corrected chi connectivity index (χ3v) is 2.44. The zero-order valence-electron chi connectivity index (χ0n) is 8.97. The van der Waals surface area contributed by atoms with Gasteiger partial charge < -0.3 is 14.3 Å². The second-order valence-corrected chi connectivity index (χ2v) is 3.63. The molecule has 0 amide bonds. The van der Waals surface area contributed by atoms with E-state index in [-0.39, 0.29) is 6.04 Å². The fourth-order valence-corrected chi connectivity index (χ4v) is 1.55. The van der Waals surface area contributed by atoms with Gasteiger partial charge in [0.15, 0.2) is 0 Å². The van der Waals surface area contributed by atoms with Crippen LogP contribution in [0.15, 0.2) is 35.4 Å². The van der Waals surface area contributed by atoms with Gasteiger partial charge >= 0.3 is 0 Å². The van der Waals surface area contributed by atoms with E-state index >= 15 is 0 Å². The maximum absolute atomic E-state index is 5.00. The van der Waals surface area contributed by atoms with E-state index in [1.165, 1.54) is 0 Å². The average Bonchev–Trinajstić information content (AvgIpc) is 2.84. The van der Waals surface area contributed by atoms with Gasteiger partial charge in [0.1, 0.15) is 5.82 Å². The quantitative estimate of drug-likeness (QED) is 0.828. The Morgan fingerprint density at radius 1 is 1.60 bits per heavy atom. The molecule has 0 aliphatic carbocycles. The van der Waals surface area contributed by atoms with Gasteiger partial charge in [0.05, 0.1) is 18.6 Å². The summed E-state index contributed by atoms with van der Waals surface area (Å²) in [5.74, 6) is 1.04. The summed E-state index contributed by atoms with van der Waals surface area (Å²) in [4.78, 5) is 4.29. The Bertz CT molecular complexity index is 405. The molecule has 0 radical (unpaired) electrons. The molecule has 15 heavy (non-hydrogen) atoms. The van der Waals surface area contributed by atoms with E-state index in [1.807, 2.05) is 30.1 Å². The summed E-state index contributed by atoms with van der Waals surface area (Å²) in [6.45, 7) is 2.90. The number of aromatic nitrogens is 2. The molecule has 0 aliphatic rings. The number of furan rings is 1. The number of rotatable bonds is 4. The predicted octanol–water partition coefficient (Wildman–Crippen LogP) is 1.86. The van der Waals surface area contributed by atoms with Gasteiger partial charge in [-0.25, -0.2) is 4.98 Å². The van der Waals surface area contributed by atoms with E-state index in [1.54, 1.807) is 12.5 Å². The van der Waals surface area contributed by atoms with Gasteiger partial charge in [-0.1, -0.05) is 0 Å². The lowest BCUT2D eigenvalue weighted by Crippen LogP contribution is -2.20. The van der Waals surface area contributed by atoms with E-state index in [0.717, 1.165) is 17.9 Å². The smallest absolute Gasteiger partial charge is 0.125 e. The monoisotopic (exact) mass is 205 g/mol. The summed E-state index contributed by atoms with van der Waals surface area (Å²) in [6.07, 6.45) is 7.19. The molecule has 2 rings (SSSR count). The average molecular weight is 205 g/mol. The lowest BCUT2D eigenvalue weighted by molar-refractivity contribution is 0.521. The Labute approximate surface area is 88.9 Å². The van der Waals surface area contributed by atoms with E-state index in [4.69, 9.17) is 4.42 Å². The standard InChI is InChI=1S/C11H15N3O/c1-9(11-12-4-5-14(11)2)13-7-10-3-6-15-8-10/h3-6,8-9,13H,7H2,1-2H3. The molecule has 0 aliphatic heterocycles. The van der Waals surface area contributed by atoms with Crippen LogP contribution >= 0.6 is 0 Å². The highest BCUT2D eigenvalue weighted by Crippen LogP contribution is 2.09. The first-order valence-corrected chi connectivity index (χ1v) is 4.99. The van der Waals surface area contributed by atoms with Crippen molar-refractivity contribution in [3.05, 3.63) is 42.4 Å². The van der Waals surface area contributed by atoms with Gasteiger partial charge in [0, 0.05) is 31.5 Å². The summed E-state index contributed by atoms with van der Waals surface area (Å²) in [5, 5.41) is 3.38. The van der Waals surface area contributed by atoms with Crippen LogP contribution in [0.2, 0.25) is 0 Å². The lowest BCUT2D eigenvalue weighted by atomic mass is 10.2. The molecular formula is C11H15N3O. The summed E-state index contributed by atoms with van der Waals surface area (Å²) in [5.41, 5.74) is 1.15. The van der Waals surface area contributed by atoms with Crippen LogP contribution in [0.1, 0.15) is 24.4 Å². The highest BCUT2D eigenvalue weighted by Gasteiger charge is 2.09.